The number of nitrogens with zero attached hydrogens (tertiary/aromatic N) is 1. The average molecular weight is 313 g/mol. The lowest BCUT2D eigenvalue weighted by Gasteiger charge is -2.01. The van der Waals surface area contributed by atoms with Gasteiger partial charge in [0.15, 0.2) is 0 Å². The Balaban J connectivity index is 1.68. The summed E-state index contributed by atoms with van der Waals surface area (Å²) < 4.78 is 0. The lowest BCUT2D eigenvalue weighted by Crippen LogP contribution is -2.19. The molecular weight excluding hydrogens is 299 g/mol. The van der Waals surface area contributed by atoms with Gasteiger partial charge in [0.2, 0.25) is 0 Å². The van der Waals surface area contributed by atoms with E-state index in [1.807, 2.05) is 12.1 Å². The molecule has 0 bridgehead atoms. The topological polar surface area (TPSA) is 24.9 Å². The van der Waals surface area contributed by atoms with Gasteiger partial charge in [-0.25, -0.2) is 4.98 Å². The molecule has 1 aliphatic rings. The summed E-state index contributed by atoms with van der Waals surface area (Å²) in [6.07, 6.45) is 3.62. The Bertz CT molecular complexity index is 579. The molecule has 1 heterocycles. The molecule has 0 atom stereocenters. The van der Waals surface area contributed by atoms with Crippen molar-refractivity contribution in [1.82, 2.24) is 10.3 Å². The Morgan fingerprint density at radius 1 is 1.32 bits per heavy atom. The van der Waals surface area contributed by atoms with Crippen molar-refractivity contribution in [2.24, 2.45) is 0 Å². The molecule has 2 aromatic rings. The zero-order valence-corrected chi connectivity index (χ0v) is 12.7. The van der Waals surface area contributed by atoms with Crippen LogP contribution in [0.4, 0.5) is 0 Å². The van der Waals surface area contributed by atoms with Crippen molar-refractivity contribution in [2.45, 2.75) is 25.3 Å². The van der Waals surface area contributed by atoms with Crippen LogP contribution in [0.2, 0.25) is 10.0 Å². The number of hydrogen-bond acceptors (Lipinski definition) is 3. The number of thiazole rings is 1. The van der Waals surface area contributed by atoms with E-state index in [-0.39, 0.29) is 0 Å². The Morgan fingerprint density at radius 3 is 2.89 bits per heavy atom. The van der Waals surface area contributed by atoms with Crippen LogP contribution in [0.15, 0.2) is 23.6 Å². The molecule has 0 spiro atoms. The molecule has 3 rings (SSSR count). The quantitative estimate of drug-likeness (QED) is 0.884. The lowest BCUT2D eigenvalue weighted by molar-refractivity contribution is 0.680. The number of nitrogens with one attached hydrogen (secondary N) is 1. The molecule has 0 amide bonds. The zero-order valence-electron chi connectivity index (χ0n) is 10.3. The third-order valence-corrected chi connectivity index (χ3v) is 4.56. The van der Waals surface area contributed by atoms with Gasteiger partial charge >= 0.3 is 0 Å². The maximum absolute atomic E-state index is 6.20. The number of aromatic nitrogens is 1. The normalized spacial score (nSPS) is 14.8. The smallest absolute Gasteiger partial charge is 0.0945 e. The fourth-order valence-corrected chi connectivity index (χ4v) is 3.22. The number of halogens is 2. The molecule has 5 heteroatoms. The fourth-order valence-electron chi connectivity index (χ4n) is 1.92. The molecule has 0 radical (unpaired) electrons. The first kappa shape index (κ1) is 13.4. The third-order valence-electron chi connectivity index (χ3n) is 3.11. The van der Waals surface area contributed by atoms with Crippen LogP contribution in [0.5, 0.6) is 0 Å². The van der Waals surface area contributed by atoms with Crippen LogP contribution in [0.3, 0.4) is 0 Å². The first-order valence-corrected chi connectivity index (χ1v) is 7.99. The molecule has 100 valence electrons. The fraction of sp³-hybridized carbons (Fsp3) is 0.357. The molecule has 0 saturated heterocycles. The lowest BCUT2D eigenvalue weighted by atomic mass is 10.2. The van der Waals surface area contributed by atoms with Gasteiger partial charge in [0, 0.05) is 35.0 Å². The molecule has 1 N–H and O–H groups in total. The highest BCUT2D eigenvalue weighted by Crippen LogP contribution is 2.31. The summed E-state index contributed by atoms with van der Waals surface area (Å²) in [5, 5.41) is 8.00. The number of rotatable bonds is 5. The molecule has 1 saturated carbocycles. The second kappa shape index (κ2) is 5.80. The molecule has 0 unspecified atom stereocenters. The van der Waals surface area contributed by atoms with Gasteiger partial charge in [-0.15, -0.1) is 11.3 Å². The van der Waals surface area contributed by atoms with Gasteiger partial charge in [-0.3, -0.25) is 0 Å². The maximum Gasteiger partial charge on any atom is 0.0945 e. The van der Waals surface area contributed by atoms with E-state index in [1.165, 1.54) is 12.8 Å². The van der Waals surface area contributed by atoms with Gasteiger partial charge in [-0.1, -0.05) is 23.2 Å². The summed E-state index contributed by atoms with van der Waals surface area (Å²) in [6.45, 7) is 1.01. The molecular formula is C14H14Cl2N2S. The van der Waals surface area contributed by atoms with Crippen LogP contribution in [0.1, 0.15) is 17.8 Å². The molecule has 2 nitrogen and oxygen atoms in total. The highest BCUT2D eigenvalue weighted by molar-refractivity contribution is 7.09. The molecule has 19 heavy (non-hydrogen) atoms. The van der Waals surface area contributed by atoms with Gasteiger partial charge in [0.05, 0.1) is 15.7 Å². The van der Waals surface area contributed by atoms with Crippen LogP contribution < -0.4 is 5.32 Å². The first-order chi connectivity index (χ1) is 9.22. The number of hydrogen-bond donors (Lipinski definition) is 1. The molecule has 1 aromatic heterocycles. The Morgan fingerprint density at radius 2 is 2.16 bits per heavy atom. The second-order valence-electron chi connectivity index (χ2n) is 4.73. The van der Waals surface area contributed by atoms with Crippen molar-refractivity contribution in [3.05, 3.63) is 38.6 Å². The largest absolute Gasteiger partial charge is 0.314 e. The maximum atomic E-state index is 6.20. The monoisotopic (exact) mass is 312 g/mol. The van der Waals surface area contributed by atoms with E-state index in [1.54, 1.807) is 17.4 Å². The van der Waals surface area contributed by atoms with E-state index in [4.69, 9.17) is 23.2 Å². The Hall–Kier alpha value is -0.610. The van der Waals surface area contributed by atoms with E-state index in [0.29, 0.717) is 10.0 Å². The summed E-state index contributed by atoms with van der Waals surface area (Å²) >= 11 is 13.8. The van der Waals surface area contributed by atoms with E-state index >= 15 is 0 Å². The molecule has 1 aromatic carbocycles. The Kier molecular flexibility index (Phi) is 4.08. The minimum atomic E-state index is 0.651. The summed E-state index contributed by atoms with van der Waals surface area (Å²) in [5.74, 6) is 0. The third kappa shape index (κ3) is 3.48. The Labute approximate surface area is 126 Å². The molecule has 1 fully saturated rings. The van der Waals surface area contributed by atoms with Gasteiger partial charge in [0.1, 0.15) is 0 Å². The minimum Gasteiger partial charge on any atom is -0.314 e. The van der Waals surface area contributed by atoms with E-state index in [0.717, 1.165) is 35.3 Å². The van der Waals surface area contributed by atoms with Gasteiger partial charge in [-0.2, -0.15) is 0 Å². The van der Waals surface area contributed by atoms with Gasteiger partial charge < -0.3 is 5.32 Å². The van der Waals surface area contributed by atoms with Crippen LogP contribution in [0, 0.1) is 0 Å². The predicted molar refractivity (Wildman–Crippen MR) is 82.3 cm³/mol. The predicted octanol–water partition coefficient (Wildman–Crippen LogP) is 4.41. The van der Waals surface area contributed by atoms with Crippen LogP contribution in [-0.2, 0) is 6.42 Å². The molecule has 1 aliphatic carbocycles. The van der Waals surface area contributed by atoms with Crippen molar-refractivity contribution in [1.29, 1.82) is 0 Å². The highest BCUT2D eigenvalue weighted by atomic mass is 35.5. The highest BCUT2D eigenvalue weighted by Gasteiger charge is 2.19. The summed E-state index contributed by atoms with van der Waals surface area (Å²) in [7, 11) is 0. The standard InChI is InChI=1S/C14H14Cl2N2S/c15-9-1-4-11(12(16)7-9)13-8-19-14(18-13)5-6-17-10-2-3-10/h1,4,7-8,10,17H,2-3,5-6H2. The van der Waals surface area contributed by atoms with Crippen molar-refractivity contribution < 1.29 is 0 Å². The van der Waals surface area contributed by atoms with Crippen molar-refractivity contribution in [3.8, 4) is 11.3 Å². The second-order valence-corrected chi connectivity index (χ2v) is 6.52. The molecule has 0 aliphatic heterocycles. The van der Waals surface area contributed by atoms with Crippen LogP contribution in [-0.4, -0.2) is 17.6 Å². The minimum absolute atomic E-state index is 0.651. The van der Waals surface area contributed by atoms with E-state index < -0.39 is 0 Å². The van der Waals surface area contributed by atoms with Crippen LogP contribution >= 0.6 is 34.5 Å². The van der Waals surface area contributed by atoms with Gasteiger partial charge in [0.25, 0.3) is 0 Å². The summed E-state index contributed by atoms with van der Waals surface area (Å²) in [4.78, 5) is 4.64. The summed E-state index contributed by atoms with van der Waals surface area (Å²) in [6, 6.07) is 6.28. The number of benzene rings is 1. The summed E-state index contributed by atoms with van der Waals surface area (Å²) in [5.41, 5.74) is 1.89. The van der Waals surface area contributed by atoms with Crippen molar-refractivity contribution in [3.63, 3.8) is 0 Å². The zero-order chi connectivity index (χ0) is 13.2. The van der Waals surface area contributed by atoms with E-state index in [9.17, 15) is 0 Å². The SMILES string of the molecule is Clc1ccc(-c2csc(CCNC3CC3)n2)c(Cl)c1. The van der Waals surface area contributed by atoms with Crippen molar-refractivity contribution in [2.75, 3.05) is 6.54 Å². The van der Waals surface area contributed by atoms with Gasteiger partial charge in [-0.05, 0) is 31.0 Å². The van der Waals surface area contributed by atoms with Crippen LogP contribution in [0.25, 0.3) is 11.3 Å². The van der Waals surface area contributed by atoms with Crippen molar-refractivity contribution >= 4 is 34.5 Å². The first-order valence-electron chi connectivity index (χ1n) is 6.35. The van der Waals surface area contributed by atoms with E-state index in [2.05, 4.69) is 15.7 Å². The average Bonchev–Trinajstić information content (AvgIpc) is 3.07.